The van der Waals surface area contributed by atoms with Gasteiger partial charge in [-0.1, -0.05) is 42.5 Å². The van der Waals surface area contributed by atoms with Crippen LogP contribution in [0.5, 0.6) is 0 Å². The molecule has 0 saturated heterocycles. The number of rotatable bonds is 2. The Kier molecular flexibility index (Phi) is 5.82. The number of halogens is 2. The highest BCUT2D eigenvalue weighted by atomic mass is 35.5. The minimum atomic E-state index is -0.735. The molecule has 1 aromatic carbocycles. The molecule has 0 bridgehead atoms. The average molecular weight is 315 g/mol. The number of carbonyl (C=O) groups is 1. The number of carbonyl (C=O) groups excluding carboxylic acids is 1. The monoisotopic (exact) mass is 314 g/mol. The van der Waals surface area contributed by atoms with Crippen molar-refractivity contribution in [1.29, 1.82) is 5.26 Å². The van der Waals surface area contributed by atoms with Crippen LogP contribution in [0.2, 0.25) is 10.0 Å². The summed E-state index contributed by atoms with van der Waals surface area (Å²) in [5.74, 6) is -0.276. The Morgan fingerprint density at radius 1 is 1.20 bits per heavy atom. The normalized spacial score (nSPS) is 16.6. The highest BCUT2D eigenvalue weighted by Crippen LogP contribution is 2.28. The zero-order valence-corrected chi connectivity index (χ0v) is 12.4. The van der Waals surface area contributed by atoms with Crippen molar-refractivity contribution in [2.75, 3.05) is 0 Å². The van der Waals surface area contributed by atoms with Crippen LogP contribution in [0.15, 0.2) is 18.2 Å². The predicted octanol–water partition coefficient (Wildman–Crippen LogP) is 3.12. The van der Waals surface area contributed by atoms with Gasteiger partial charge in [0.2, 0.25) is 0 Å². The number of hydrogen-bond donors (Lipinski definition) is 1. The van der Waals surface area contributed by atoms with E-state index >= 15 is 0 Å². The fourth-order valence-electron chi connectivity index (χ4n) is 2.35. The van der Waals surface area contributed by atoms with E-state index in [1.165, 1.54) is 6.07 Å². The zero-order chi connectivity index (χ0) is 13.9. The van der Waals surface area contributed by atoms with Crippen LogP contribution in [0.3, 0.4) is 0 Å². The zero-order valence-electron chi connectivity index (χ0n) is 10.9. The molecule has 0 aromatic heterocycles. The minimum absolute atomic E-state index is 0. The molecule has 108 valence electrons. The Labute approximate surface area is 128 Å². The number of nitrogens with one attached hydrogen (secondary N) is 1. The number of amides is 1. The molecule has 1 fully saturated rings. The maximum atomic E-state index is 12.2. The van der Waals surface area contributed by atoms with Crippen molar-refractivity contribution in [2.24, 2.45) is 0 Å². The third-order valence-electron chi connectivity index (χ3n) is 3.46. The maximum absolute atomic E-state index is 12.2. The highest BCUT2D eigenvalue weighted by molar-refractivity contribution is 6.42. The van der Waals surface area contributed by atoms with Crippen molar-refractivity contribution in [2.45, 2.75) is 37.6 Å². The van der Waals surface area contributed by atoms with E-state index < -0.39 is 5.54 Å². The Morgan fingerprint density at radius 3 is 2.40 bits per heavy atom. The Hall–Kier alpha value is -1.28. The first kappa shape index (κ1) is 16.8. The van der Waals surface area contributed by atoms with Crippen molar-refractivity contribution in [3.05, 3.63) is 33.8 Å². The van der Waals surface area contributed by atoms with Gasteiger partial charge in [-0.3, -0.25) is 4.79 Å². The van der Waals surface area contributed by atoms with E-state index in [0.717, 1.165) is 19.3 Å². The summed E-state index contributed by atoms with van der Waals surface area (Å²) in [7, 11) is 0. The summed E-state index contributed by atoms with van der Waals surface area (Å²) in [6.07, 6.45) is 4.46. The van der Waals surface area contributed by atoms with Gasteiger partial charge in [-0.15, -0.1) is 0 Å². The second-order valence-electron chi connectivity index (χ2n) is 4.84. The van der Waals surface area contributed by atoms with Crippen molar-refractivity contribution in [3.8, 4) is 6.07 Å². The van der Waals surface area contributed by atoms with Crippen LogP contribution in [-0.4, -0.2) is 16.9 Å². The molecule has 20 heavy (non-hydrogen) atoms. The minimum Gasteiger partial charge on any atom is -0.412 e. The standard InChI is InChI=1S/C14H14Cl2N2O.H2O/c15-11-5-4-10(8-12(11)16)13(19)18-14(9-17)6-2-1-3-7-14;/h4-5,8H,1-3,6-7H2,(H,18,19);1H2. The molecule has 0 unspecified atom stereocenters. The van der Waals surface area contributed by atoms with E-state index in [-0.39, 0.29) is 11.4 Å². The number of nitriles is 1. The lowest BCUT2D eigenvalue weighted by atomic mass is 9.82. The van der Waals surface area contributed by atoms with Crippen LogP contribution in [-0.2, 0) is 0 Å². The van der Waals surface area contributed by atoms with E-state index in [9.17, 15) is 10.1 Å². The third kappa shape index (κ3) is 3.63. The summed E-state index contributed by atoms with van der Waals surface area (Å²) in [4.78, 5) is 12.2. The largest absolute Gasteiger partial charge is 0.412 e. The molecular formula is C14H16Cl2N2O2. The van der Waals surface area contributed by atoms with Gasteiger partial charge in [-0.05, 0) is 31.0 Å². The van der Waals surface area contributed by atoms with E-state index in [0.29, 0.717) is 28.5 Å². The Bertz CT molecular complexity index is 534. The van der Waals surface area contributed by atoms with Crippen LogP contribution in [0, 0.1) is 11.3 Å². The first-order valence-corrected chi connectivity index (χ1v) is 7.01. The molecule has 6 heteroatoms. The Morgan fingerprint density at radius 2 is 1.85 bits per heavy atom. The molecule has 0 radical (unpaired) electrons. The first-order chi connectivity index (χ1) is 9.06. The number of benzene rings is 1. The van der Waals surface area contributed by atoms with Crippen LogP contribution >= 0.6 is 23.2 Å². The SMILES string of the molecule is N#CC1(NC(=O)c2ccc(Cl)c(Cl)c2)CCCCC1.O. The first-order valence-electron chi connectivity index (χ1n) is 6.25. The predicted molar refractivity (Wildman–Crippen MR) is 79.0 cm³/mol. The van der Waals surface area contributed by atoms with Gasteiger partial charge in [-0.25, -0.2) is 0 Å². The summed E-state index contributed by atoms with van der Waals surface area (Å²) in [5.41, 5.74) is -0.309. The fourth-order valence-corrected chi connectivity index (χ4v) is 2.65. The number of hydrogen-bond acceptors (Lipinski definition) is 2. The highest BCUT2D eigenvalue weighted by Gasteiger charge is 2.33. The third-order valence-corrected chi connectivity index (χ3v) is 4.19. The van der Waals surface area contributed by atoms with E-state index in [1.807, 2.05) is 0 Å². The lowest BCUT2D eigenvalue weighted by Gasteiger charge is -2.31. The fraction of sp³-hybridized carbons (Fsp3) is 0.429. The summed E-state index contributed by atoms with van der Waals surface area (Å²) in [5, 5.41) is 12.9. The van der Waals surface area contributed by atoms with Gasteiger partial charge in [0.05, 0.1) is 16.1 Å². The molecule has 4 nitrogen and oxygen atoms in total. The van der Waals surface area contributed by atoms with Crippen LogP contribution < -0.4 is 5.32 Å². The quantitative estimate of drug-likeness (QED) is 0.909. The second kappa shape index (κ2) is 6.94. The molecule has 0 aliphatic heterocycles. The topological polar surface area (TPSA) is 84.4 Å². The van der Waals surface area contributed by atoms with Gasteiger partial charge in [0.1, 0.15) is 5.54 Å². The van der Waals surface area contributed by atoms with E-state index in [4.69, 9.17) is 23.2 Å². The molecule has 1 saturated carbocycles. The molecule has 0 spiro atoms. The molecule has 0 atom stereocenters. The van der Waals surface area contributed by atoms with E-state index in [1.54, 1.807) is 12.1 Å². The van der Waals surface area contributed by atoms with Crippen molar-refractivity contribution < 1.29 is 10.3 Å². The van der Waals surface area contributed by atoms with Crippen LogP contribution in [0.4, 0.5) is 0 Å². The van der Waals surface area contributed by atoms with Crippen molar-refractivity contribution in [1.82, 2.24) is 5.32 Å². The summed E-state index contributed by atoms with van der Waals surface area (Å²) in [6.45, 7) is 0. The van der Waals surface area contributed by atoms with Gasteiger partial charge in [0.15, 0.2) is 0 Å². The summed E-state index contributed by atoms with van der Waals surface area (Å²) < 4.78 is 0. The molecular weight excluding hydrogens is 299 g/mol. The molecule has 1 aliphatic rings. The van der Waals surface area contributed by atoms with Crippen LogP contribution in [0.25, 0.3) is 0 Å². The van der Waals surface area contributed by atoms with Crippen molar-refractivity contribution in [3.63, 3.8) is 0 Å². The smallest absolute Gasteiger partial charge is 0.252 e. The van der Waals surface area contributed by atoms with Crippen molar-refractivity contribution >= 4 is 29.1 Å². The van der Waals surface area contributed by atoms with Gasteiger partial charge in [0.25, 0.3) is 5.91 Å². The van der Waals surface area contributed by atoms with Gasteiger partial charge in [0, 0.05) is 5.56 Å². The maximum Gasteiger partial charge on any atom is 0.252 e. The van der Waals surface area contributed by atoms with Gasteiger partial charge in [-0.2, -0.15) is 5.26 Å². The number of nitrogens with zero attached hydrogens (tertiary/aromatic N) is 1. The van der Waals surface area contributed by atoms with Gasteiger partial charge >= 0.3 is 0 Å². The average Bonchev–Trinajstić information content (AvgIpc) is 2.43. The lowest BCUT2D eigenvalue weighted by molar-refractivity contribution is 0.0902. The molecule has 1 aromatic rings. The summed E-state index contributed by atoms with van der Waals surface area (Å²) >= 11 is 11.7. The molecule has 1 amide bonds. The Balaban J connectivity index is 0.00000200. The van der Waals surface area contributed by atoms with Gasteiger partial charge < -0.3 is 10.8 Å². The summed E-state index contributed by atoms with van der Waals surface area (Å²) in [6, 6.07) is 6.96. The molecule has 1 aliphatic carbocycles. The second-order valence-corrected chi connectivity index (χ2v) is 5.65. The lowest BCUT2D eigenvalue weighted by Crippen LogP contribution is -2.48. The van der Waals surface area contributed by atoms with E-state index in [2.05, 4.69) is 11.4 Å². The molecule has 0 heterocycles. The van der Waals surface area contributed by atoms with Crippen LogP contribution in [0.1, 0.15) is 42.5 Å². The molecule has 2 rings (SSSR count). The molecule has 3 N–H and O–H groups in total.